The SMILES string of the molecule is CC(=O)NCCc1ccc(C(=O)C(C)Sc2nc(-c3ccccc3)cs2)cc1. The van der Waals surface area contributed by atoms with Gasteiger partial charge in [0.05, 0.1) is 10.9 Å². The summed E-state index contributed by atoms with van der Waals surface area (Å²) in [6.45, 7) is 4.02. The number of thiazole rings is 1. The number of nitrogens with zero attached hydrogens (tertiary/aromatic N) is 1. The van der Waals surface area contributed by atoms with Crippen LogP contribution in [0.25, 0.3) is 11.3 Å². The molecule has 144 valence electrons. The molecule has 0 saturated carbocycles. The fraction of sp³-hybridized carbons (Fsp3) is 0.227. The van der Waals surface area contributed by atoms with Crippen molar-refractivity contribution in [3.8, 4) is 11.3 Å². The van der Waals surface area contributed by atoms with Crippen molar-refractivity contribution in [2.45, 2.75) is 29.9 Å². The second-order valence-corrected chi connectivity index (χ2v) is 8.86. The molecule has 1 amide bonds. The van der Waals surface area contributed by atoms with E-state index >= 15 is 0 Å². The van der Waals surface area contributed by atoms with Gasteiger partial charge in [0.1, 0.15) is 0 Å². The number of hydrogen-bond acceptors (Lipinski definition) is 5. The summed E-state index contributed by atoms with van der Waals surface area (Å²) in [7, 11) is 0. The minimum absolute atomic E-state index is 0.0322. The van der Waals surface area contributed by atoms with Gasteiger partial charge in [0, 0.05) is 30.0 Å². The molecule has 1 aromatic heterocycles. The molecule has 0 bridgehead atoms. The first-order valence-corrected chi connectivity index (χ1v) is 10.8. The Morgan fingerprint density at radius 2 is 1.82 bits per heavy atom. The summed E-state index contributed by atoms with van der Waals surface area (Å²) in [4.78, 5) is 28.3. The Hall–Kier alpha value is -2.44. The van der Waals surface area contributed by atoms with Crippen molar-refractivity contribution < 1.29 is 9.59 Å². The predicted molar refractivity (Wildman–Crippen MR) is 116 cm³/mol. The lowest BCUT2D eigenvalue weighted by molar-refractivity contribution is -0.118. The first-order chi connectivity index (χ1) is 13.5. The van der Waals surface area contributed by atoms with Crippen LogP contribution in [0.5, 0.6) is 0 Å². The van der Waals surface area contributed by atoms with Crippen molar-refractivity contribution >= 4 is 34.8 Å². The van der Waals surface area contributed by atoms with Crippen LogP contribution >= 0.6 is 23.1 Å². The number of thioether (sulfide) groups is 1. The van der Waals surface area contributed by atoms with Gasteiger partial charge in [0.25, 0.3) is 0 Å². The highest BCUT2D eigenvalue weighted by Gasteiger charge is 2.18. The molecule has 0 spiro atoms. The quantitative estimate of drug-likeness (QED) is 0.426. The number of carbonyl (C=O) groups is 2. The Bertz CT molecular complexity index is 937. The molecular weight excluding hydrogens is 388 g/mol. The number of rotatable bonds is 8. The lowest BCUT2D eigenvalue weighted by Crippen LogP contribution is -2.22. The zero-order valence-corrected chi connectivity index (χ0v) is 17.5. The molecule has 3 aromatic rings. The van der Waals surface area contributed by atoms with Gasteiger partial charge in [0.15, 0.2) is 10.1 Å². The first-order valence-electron chi connectivity index (χ1n) is 9.08. The van der Waals surface area contributed by atoms with Gasteiger partial charge in [-0.05, 0) is 18.9 Å². The van der Waals surface area contributed by atoms with Crippen LogP contribution in [0.1, 0.15) is 29.8 Å². The highest BCUT2D eigenvalue weighted by molar-refractivity contribution is 8.02. The summed E-state index contributed by atoms with van der Waals surface area (Å²) >= 11 is 3.06. The van der Waals surface area contributed by atoms with Gasteiger partial charge in [0.2, 0.25) is 5.91 Å². The molecule has 0 fully saturated rings. The molecule has 1 N–H and O–H groups in total. The minimum Gasteiger partial charge on any atom is -0.356 e. The number of nitrogens with one attached hydrogen (secondary N) is 1. The smallest absolute Gasteiger partial charge is 0.216 e. The molecule has 2 aromatic carbocycles. The van der Waals surface area contributed by atoms with Gasteiger partial charge in [-0.1, -0.05) is 66.4 Å². The van der Waals surface area contributed by atoms with Crippen molar-refractivity contribution in [2.75, 3.05) is 6.54 Å². The van der Waals surface area contributed by atoms with E-state index in [1.54, 1.807) is 11.3 Å². The minimum atomic E-state index is -0.208. The standard InChI is InChI=1S/C22H22N2O2S2/c1-15(28-22-24-20(14-27-22)18-6-4-3-5-7-18)21(26)19-10-8-17(9-11-19)12-13-23-16(2)25/h3-11,14-15H,12-13H2,1-2H3,(H,23,25). The molecule has 28 heavy (non-hydrogen) atoms. The van der Waals surface area contributed by atoms with E-state index in [1.807, 2.05) is 66.9 Å². The van der Waals surface area contributed by atoms with Gasteiger partial charge < -0.3 is 5.32 Å². The fourth-order valence-electron chi connectivity index (χ4n) is 2.71. The van der Waals surface area contributed by atoms with Crippen LogP contribution in [0.15, 0.2) is 64.3 Å². The number of hydrogen-bond donors (Lipinski definition) is 1. The van der Waals surface area contributed by atoms with E-state index < -0.39 is 0 Å². The van der Waals surface area contributed by atoms with Crippen LogP contribution in [-0.4, -0.2) is 28.5 Å². The third-order valence-electron chi connectivity index (χ3n) is 4.23. The second kappa shape index (κ2) is 9.66. The highest BCUT2D eigenvalue weighted by atomic mass is 32.2. The first kappa shape index (κ1) is 20.3. The Morgan fingerprint density at radius 3 is 2.50 bits per heavy atom. The van der Waals surface area contributed by atoms with Crippen molar-refractivity contribution in [3.05, 3.63) is 71.1 Å². The summed E-state index contributed by atoms with van der Waals surface area (Å²) in [6.07, 6.45) is 0.750. The highest BCUT2D eigenvalue weighted by Crippen LogP contribution is 2.31. The molecule has 4 nitrogen and oxygen atoms in total. The maximum absolute atomic E-state index is 12.7. The van der Waals surface area contributed by atoms with Crippen molar-refractivity contribution in [2.24, 2.45) is 0 Å². The number of Topliss-reactive ketones (excluding diaryl/α,β-unsaturated/α-hetero) is 1. The maximum Gasteiger partial charge on any atom is 0.216 e. The normalized spacial score (nSPS) is 11.8. The Morgan fingerprint density at radius 1 is 1.11 bits per heavy atom. The van der Waals surface area contributed by atoms with E-state index in [9.17, 15) is 9.59 Å². The van der Waals surface area contributed by atoms with Gasteiger partial charge in [-0.3, -0.25) is 9.59 Å². The summed E-state index contributed by atoms with van der Waals surface area (Å²) in [5, 5.41) is 4.59. The zero-order valence-electron chi connectivity index (χ0n) is 15.8. The van der Waals surface area contributed by atoms with Gasteiger partial charge in [-0.15, -0.1) is 11.3 Å². The van der Waals surface area contributed by atoms with Crippen LogP contribution in [0.4, 0.5) is 0 Å². The fourth-order valence-corrected chi connectivity index (χ4v) is 4.76. The topological polar surface area (TPSA) is 59.1 Å². The zero-order chi connectivity index (χ0) is 19.9. The molecule has 0 aliphatic rings. The molecule has 1 unspecified atom stereocenters. The molecule has 0 saturated heterocycles. The van der Waals surface area contributed by atoms with Gasteiger partial charge in [-0.2, -0.15) is 0 Å². The number of aromatic nitrogens is 1. The average Bonchev–Trinajstić information content (AvgIpc) is 3.17. The van der Waals surface area contributed by atoms with Gasteiger partial charge >= 0.3 is 0 Å². The number of benzene rings is 2. The third-order valence-corrected chi connectivity index (χ3v) is 6.30. The van der Waals surface area contributed by atoms with Crippen LogP contribution in [-0.2, 0) is 11.2 Å². The van der Waals surface area contributed by atoms with E-state index in [2.05, 4.69) is 10.3 Å². The van der Waals surface area contributed by atoms with E-state index in [0.29, 0.717) is 12.1 Å². The van der Waals surface area contributed by atoms with E-state index in [0.717, 1.165) is 27.6 Å². The number of ketones is 1. The molecule has 0 aliphatic heterocycles. The lowest BCUT2D eigenvalue weighted by atomic mass is 10.0. The predicted octanol–water partition coefficient (Wildman–Crippen LogP) is 4.85. The average molecular weight is 411 g/mol. The maximum atomic E-state index is 12.7. The molecular formula is C22H22N2O2S2. The molecule has 0 radical (unpaired) electrons. The van der Waals surface area contributed by atoms with Crippen LogP contribution in [0.2, 0.25) is 0 Å². The number of amides is 1. The third kappa shape index (κ3) is 5.53. The number of carbonyl (C=O) groups excluding carboxylic acids is 2. The van der Waals surface area contributed by atoms with Crippen LogP contribution in [0, 0.1) is 0 Å². The largest absolute Gasteiger partial charge is 0.356 e. The summed E-state index contributed by atoms with van der Waals surface area (Å²) in [6, 6.07) is 17.7. The molecule has 1 heterocycles. The Kier molecular flexibility index (Phi) is 7.01. The van der Waals surface area contributed by atoms with E-state index in [1.165, 1.54) is 18.7 Å². The molecule has 6 heteroatoms. The van der Waals surface area contributed by atoms with E-state index in [-0.39, 0.29) is 16.9 Å². The monoisotopic (exact) mass is 410 g/mol. The van der Waals surface area contributed by atoms with E-state index in [4.69, 9.17) is 0 Å². The second-order valence-electron chi connectivity index (χ2n) is 6.42. The molecule has 3 rings (SSSR count). The Labute approximate surface area is 173 Å². The lowest BCUT2D eigenvalue weighted by Gasteiger charge is -2.09. The summed E-state index contributed by atoms with van der Waals surface area (Å²) in [5.74, 6) is 0.0603. The van der Waals surface area contributed by atoms with Crippen LogP contribution < -0.4 is 5.32 Å². The Balaban J connectivity index is 1.58. The van der Waals surface area contributed by atoms with Crippen molar-refractivity contribution in [3.63, 3.8) is 0 Å². The summed E-state index contributed by atoms with van der Waals surface area (Å²) < 4.78 is 0.895. The van der Waals surface area contributed by atoms with Crippen molar-refractivity contribution in [1.29, 1.82) is 0 Å². The van der Waals surface area contributed by atoms with Gasteiger partial charge in [-0.25, -0.2) is 4.98 Å². The molecule has 0 aliphatic carbocycles. The van der Waals surface area contributed by atoms with Crippen LogP contribution in [0.3, 0.4) is 0 Å². The molecule has 1 atom stereocenters. The summed E-state index contributed by atoms with van der Waals surface area (Å²) in [5.41, 5.74) is 3.82. The van der Waals surface area contributed by atoms with Crippen molar-refractivity contribution in [1.82, 2.24) is 10.3 Å².